The van der Waals surface area contributed by atoms with Crippen molar-refractivity contribution in [2.75, 3.05) is 7.05 Å². The van der Waals surface area contributed by atoms with E-state index in [4.69, 9.17) is 0 Å². The van der Waals surface area contributed by atoms with Gasteiger partial charge in [0, 0.05) is 12.4 Å². The maximum atomic E-state index is 11.8. The fourth-order valence-electron chi connectivity index (χ4n) is 1.36. The molecule has 2 aromatic heterocycles. The Kier molecular flexibility index (Phi) is 4.33. The lowest BCUT2D eigenvalue weighted by Gasteiger charge is -2.10. The van der Waals surface area contributed by atoms with E-state index in [1.54, 1.807) is 6.92 Å². The lowest BCUT2D eigenvalue weighted by atomic mass is 10.4. The topological polar surface area (TPSA) is 84.0 Å². The first-order chi connectivity index (χ1) is 9.11. The van der Waals surface area contributed by atoms with E-state index in [-0.39, 0.29) is 5.91 Å². The molecule has 0 unspecified atom stereocenters. The van der Waals surface area contributed by atoms with Crippen LogP contribution in [0.5, 0.6) is 0 Å². The zero-order valence-corrected chi connectivity index (χ0v) is 12.0. The van der Waals surface area contributed by atoms with Gasteiger partial charge in [0.05, 0.1) is 5.25 Å². The molecule has 2 N–H and O–H groups in total. The molecule has 0 saturated carbocycles. The summed E-state index contributed by atoms with van der Waals surface area (Å²) in [7, 11) is 1.46. The molecule has 0 spiro atoms. The molecule has 2 heterocycles. The van der Waals surface area contributed by atoms with E-state index in [2.05, 4.69) is 20.6 Å². The van der Waals surface area contributed by atoms with Crippen LogP contribution in [-0.4, -0.2) is 34.2 Å². The summed E-state index contributed by atoms with van der Waals surface area (Å²) in [6.07, 6.45) is 1.48. The molecule has 0 aromatic carbocycles. The van der Waals surface area contributed by atoms with E-state index >= 15 is 0 Å². The summed E-state index contributed by atoms with van der Waals surface area (Å²) in [5, 5.41) is 7.75. The molecule has 3 amide bonds. The van der Waals surface area contributed by atoms with Gasteiger partial charge < -0.3 is 5.32 Å². The van der Waals surface area contributed by atoms with Crippen LogP contribution in [0.1, 0.15) is 6.92 Å². The van der Waals surface area contributed by atoms with Crippen molar-refractivity contribution in [1.82, 2.24) is 20.6 Å². The second-order valence-electron chi connectivity index (χ2n) is 3.65. The van der Waals surface area contributed by atoms with Gasteiger partial charge >= 0.3 is 6.03 Å². The lowest BCUT2D eigenvalue weighted by Crippen LogP contribution is -2.41. The zero-order chi connectivity index (χ0) is 13.8. The van der Waals surface area contributed by atoms with Crippen LogP contribution in [0.3, 0.4) is 0 Å². The first kappa shape index (κ1) is 13.8. The minimum Gasteiger partial charge on any atom is -0.341 e. The number of thioether (sulfide) groups is 1. The minimum absolute atomic E-state index is 0.355. The summed E-state index contributed by atoms with van der Waals surface area (Å²) in [6, 6.07) is 1.41. The maximum Gasteiger partial charge on any atom is 0.321 e. The van der Waals surface area contributed by atoms with Crippen LogP contribution >= 0.6 is 23.1 Å². The molecule has 8 heteroatoms. The Morgan fingerprint density at radius 1 is 1.42 bits per heavy atom. The predicted molar refractivity (Wildman–Crippen MR) is 75.3 cm³/mol. The molecule has 0 saturated heterocycles. The quantitative estimate of drug-likeness (QED) is 0.664. The van der Waals surface area contributed by atoms with Crippen LogP contribution in [0.25, 0.3) is 10.2 Å². The van der Waals surface area contributed by atoms with Crippen molar-refractivity contribution in [2.24, 2.45) is 0 Å². The molecule has 100 valence electrons. The molecule has 2 rings (SSSR count). The Hall–Kier alpha value is -1.67. The van der Waals surface area contributed by atoms with Gasteiger partial charge in [-0.1, -0.05) is 11.8 Å². The number of aromatic nitrogens is 2. The van der Waals surface area contributed by atoms with Crippen molar-refractivity contribution in [3.05, 3.63) is 17.8 Å². The second-order valence-corrected chi connectivity index (χ2v) is 5.87. The number of nitrogens with zero attached hydrogens (tertiary/aromatic N) is 2. The fourth-order valence-corrected chi connectivity index (χ4v) is 3.06. The number of hydrogen-bond acceptors (Lipinski definition) is 6. The summed E-state index contributed by atoms with van der Waals surface area (Å²) < 4.78 is 0. The monoisotopic (exact) mass is 296 g/mol. The number of amides is 3. The number of rotatable bonds is 3. The first-order valence-corrected chi connectivity index (χ1v) is 7.25. The molecule has 0 aliphatic heterocycles. The number of thiophene rings is 1. The predicted octanol–water partition coefficient (Wildman–Crippen LogP) is 1.63. The molecule has 6 nitrogen and oxygen atoms in total. The fraction of sp³-hybridized carbons (Fsp3) is 0.273. The summed E-state index contributed by atoms with van der Waals surface area (Å²) >= 11 is 2.82. The van der Waals surface area contributed by atoms with Gasteiger partial charge in [-0.3, -0.25) is 10.1 Å². The van der Waals surface area contributed by atoms with Crippen molar-refractivity contribution >= 4 is 45.3 Å². The van der Waals surface area contributed by atoms with E-state index in [9.17, 15) is 9.59 Å². The molecule has 0 bridgehead atoms. The Balaban J connectivity index is 2.10. The van der Waals surface area contributed by atoms with Crippen molar-refractivity contribution < 1.29 is 9.59 Å². The molecule has 1 atom stereocenters. The van der Waals surface area contributed by atoms with E-state index < -0.39 is 11.3 Å². The largest absolute Gasteiger partial charge is 0.341 e. The number of carbonyl (C=O) groups is 2. The number of hydrogen-bond donors (Lipinski definition) is 2. The van der Waals surface area contributed by atoms with Crippen molar-refractivity contribution in [3.63, 3.8) is 0 Å². The number of carbonyl (C=O) groups excluding carboxylic acids is 2. The van der Waals surface area contributed by atoms with Gasteiger partial charge in [0.1, 0.15) is 16.2 Å². The molecular weight excluding hydrogens is 284 g/mol. The smallest absolute Gasteiger partial charge is 0.321 e. The molecule has 19 heavy (non-hydrogen) atoms. The average molecular weight is 296 g/mol. The third-order valence-corrected chi connectivity index (χ3v) is 4.28. The highest BCUT2D eigenvalue weighted by molar-refractivity contribution is 8.00. The van der Waals surface area contributed by atoms with Crippen molar-refractivity contribution in [3.8, 4) is 0 Å². The Bertz CT molecular complexity index is 614. The van der Waals surface area contributed by atoms with Crippen LogP contribution in [-0.2, 0) is 4.79 Å². The van der Waals surface area contributed by atoms with Gasteiger partial charge in [-0.05, 0) is 18.4 Å². The maximum absolute atomic E-state index is 11.8. The summed E-state index contributed by atoms with van der Waals surface area (Å²) in [6.45, 7) is 1.73. The number of urea groups is 1. The third-order valence-electron chi connectivity index (χ3n) is 2.35. The van der Waals surface area contributed by atoms with Crippen molar-refractivity contribution in [2.45, 2.75) is 17.2 Å². The first-order valence-electron chi connectivity index (χ1n) is 5.49. The Morgan fingerprint density at radius 3 is 2.95 bits per heavy atom. The molecule has 0 fully saturated rings. The molecule has 0 aliphatic rings. The third kappa shape index (κ3) is 3.21. The number of imide groups is 1. The van der Waals surface area contributed by atoms with Crippen molar-refractivity contribution in [1.29, 1.82) is 0 Å². The zero-order valence-electron chi connectivity index (χ0n) is 10.3. The minimum atomic E-state index is -0.513. The van der Waals surface area contributed by atoms with E-state index in [0.29, 0.717) is 0 Å². The highest BCUT2D eigenvalue weighted by Crippen LogP contribution is 2.30. The van der Waals surface area contributed by atoms with E-state index in [1.807, 2.05) is 11.4 Å². The Labute approximate surface area is 118 Å². The average Bonchev–Trinajstić information content (AvgIpc) is 2.87. The van der Waals surface area contributed by atoms with Gasteiger partial charge in [-0.15, -0.1) is 11.3 Å². The van der Waals surface area contributed by atoms with E-state index in [0.717, 1.165) is 15.2 Å². The molecule has 0 radical (unpaired) electrons. The van der Waals surface area contributed by atoms with Crippen LogP contribution in [0.2, 0.25) is 0 Å². The van der Waals surface area contributed by atoms with Gasteiger partial charge in [0.15, 0.2) is 0 Å². The van der Waals surface area contributed by atoms with Gasteiger partial charge in [0.2, 0.25) is 5.91 Å². The second kappa shape index (κ2) is 5.98. The van der Waals surface area contributed by atoms with Gasteiger partial charge in [0.25, 0.3) is 0 Å². The van der Waals surface area contributed by atoms with Crippen LogP contribution in [0.4, 0.5) is 4.79 Å². The van der Waals surface area contributed by atoms with Crippen LogP contribution in [0, 0.1) is 0 Å². The Morgan fingerprint density at radius 2 is 2.21 bits per heavy atom. The van der Waals surface area contributed by atoms with Gasteiger partial charge in [-0.25, -0.2) is 14.8 Å². The standard InChI is InChI=1S/C11H12N4O2S2/c1-6(8(16)15-11(17)12-2)19-10-7-3-4-18-9(7)13-5-14-10/h3-6H,1-2H3,(H2,12,15,16,17)/t6-/m0/s1. The summed E-state index contributed by atoms with van der Waals surface area (Å²) in [4.78, 5) is 32.0. The van der Waals surface area contributed by atoms with Gasteiger partial charge in [-0.2, -0.15) is 0 Å². The summed E-state index contributed by atoms with van der Waals surface area (Å²) in [5.74, 6) is -0.355. The SMILES string of the molecule is CNC(=O)NC(=O)[C@H](C)Sc1ncnc2sccc12. The number of fused-ring (bicyclic) bond motifs is 1. The highest BCUT2D eigenvalue weighted by Gasteiger charge is 2.18. The van der Waals surface area contributed by atoms with Crippen LogP contribution in [0.15, 0.2) is 22.8 Å². The van der Waals surface area contributed by atoms with E-state index in [1.165, 1.54) is 36.5 Å². The normalized spacial score (nSPS) is 12.1. The van der Waals surface area contributed by atoms with Crippen LogP contribution < -0.4 is 10.6 Å². The highest BCUT2D eigenvalue weighted by atomic mass is 32.2. The summed E-state index contributed by atoms with van der Waals surface area (Å²) in [5.41, 5.74) is 0. The molecular formula is C11H12N4O2S2. The lowest BCUT2D eigenvalue weighted by molar-refractivity contribution is -0.119. The number of nitrogens with one attached hydrogen (secondary N) is 2. The molecule has 0 aliphatic carbocycles. The molecule has 2 aromatic rings.